The highest BCUT2D eigenvalue weighted by molar-refractivity contribution is 5.89. The first kappa shape index (κ1) is 11.2. The molecule has 0 spiro atoms. The fourth-order valence-electron chi connectivity index (χ4n) is 2.34. The standard InChI is InChI=1S/C13H18O3/c1-2-15-13(14)11-7-4-3-6-10(11)12-8-5-9-16-12/h5,9,12H,2-4,6-8H2,1H3/t12-/m1/s1. The molecule has 2 rings (SSSR count). The first-order chi connectivity index (χ1) is 7.83. The molecule has 0 unspecified atom stereocenters. The molecule has 0 amide bonds. The van der Waals surface area contributed by atoms with Crippen molar-refractivity contribution in [2.45, 2.75) is 45.1 Å². The Balaban J connectivity index is 2.16. The van der Waals surface area contributed by atoms with E-state index in [1.165, 1.54) is 0 Å². The van der Waals surface area contributed by atoms with Crippen molar-refractivity contribution in [3.63, 3.8) is 0 Å². The van der Waals surface area contributed by atoms with Gasteiger partial charge in [-0.2, -0.15) is 0 Å². The lowest BCUT2D eigenvalue weighted by Gasteiger charge is -2.23. The predicted octanol–water partition coefficient (Wildman–Crippen LogP) is 2.72. The molecular weight excluding hydrogens is 204 g/mol. The molecule has 1 aliphatic carbocycles. The number of esters is 1. The van der Waals surface area contributed by atoms with Crippen LogP contribution in [0.4, 0.5) is 0 Å². The van der Waals surface area contributed by atoms with E-state index in [0.29, 0.717) is 6.61 Å². The fraction of sp³-hybridized carbons (Fsp3) is 0.615. The maximum Gasteiger partial charge on any atom is 0.334 e. The Morgan fingerprint density at radius 3 is 3.00 bits per heavy atom. The van der Waals surface area contributed by atoms with E-state index in [-0.39, 0.29) is 12.1 Å². The van der Waals surface area contributed by atoms with Crippen LogP contribution in [0.25, 0.3) is 0 Å². The SMILES string of the molecule is CCOC(=O)C1=C([C@H]2CC=CO2)CCCC1. The molecule has 0 aromatic carbocycles. The van der Waals surface area contributed by atoms with Crippen LogP contribution in [0.2, 0.25) is 0 Å². The largest absolute Gasteiger partial charge is 0.494 e. The van der Waals surface area contributed by atoms with Gasteiger partial charge in [-0.25, -0.2) is 4.79 Å². The molecule has 1 aliphatic heterocycles. The normalized spacial score (nSPS) is 24.4. The van der Waals surface area contributed by atoms with Crippen molar-refractivity contribution in [1.82, 2.24) is 0 Å². The monoisotopic (exact) mass is 222 g/mol. The van der Waals surface area contributed by atoms with Gasteiger partial charge in [0.15, 0.2) is 0 Å². The van der Waals surface area contributed by atoms with Crippen LogP contribution in [0.5, 0.6) is 0 Å². The summed E-state index contributed by atoms with van der Waals surface area (Å²) in [6.45, 7) is 2.29. The molecule has 3 nitrogen and oxygen atoms in total. The molecule has 16 heavy (non-hydrogen) atoms. The third-order valence-corrected chi connectivity index (χ3v) is 3.11. The average Bonchev–Trinajstić information content (AvgIpc) is 2.83. The van der Waals surface area contributed by atoms with Crippen molar-refractivity contribution in [2.75, 3.05) is 6.61 Å². The molecule has 1 heterocycles. The van der Waals surface area contributed by atoms with Gasteiger partial charge in [0, 0.05) is 12.0 Å². The minimum atomic E-state index is -0.146. The molecule has 0 saturated carbocycles. The van der Waals surface area contributed by atoms with E-state index in [1.54, 1.807) is 6.26 Å². The van der Waals surface area contributed by atoms with Crippen molar-refractivity contribution in [3.05, 3.63) is 23.5 Å². The zero-order valence-corrected chi connectivity index (χ0v) is 9.70. The van der Waals surface area contributed by atoms with Gasteiger partial charge in [0.05, 0.1) is 12.9 Å². The lowest BCUT2D eigenvalue weighted by Crippen LogP contribution is -2.20. The van der Waals surface area contributed by atoms with E-state index < -0.39 is 0 Å². The van der Waals surface area contributed by atoms with Crippen molar-refractivity contribution < 1.29 is 14.3 Å². The van der Waals surface area contributed by atoms with Gasteiger partial charge in [0.1, 0.15) is 6.10 Å². The van der Waals surface area contributed by atoms with Gasteiger partial charge in [-0.3, -0.25) is 0 Å². The molecule has 0 N–H and O–H groups in total. The van der Waals surface area contributed by atoms with Crippen LogP contribution < -0.4 is 0 Å². The topological polar surface area (TPSA) is 35.5 Å². The third-order valence-electron chi connectivity index (χ3n) is 3.11. The van der Waals surface area contributed by atoms with Gasteiger partial charge < -0.3 is 9.47 Å². The van der Waals surface area contributed by atoms with Gasteiger partial charge in [-0.1, -0.05) is 0 Å². The van der Waals surface area contributed by atoms with Crippen molar-refractivity contribution in [2.24, 2.45) is 0 Å². The second kappa shape index (κ2) is 5.19. The van der Waals surface area contributed by atoms with Crippen LogP contribution in [0, 0.1) is 0 Å². The van der Waals surface area contributed by atoms with Crippen LogP contribution in [-0.2, 0) is 14.3 Å². The molecule has 0 bridgehead atoms. The van der Waals surface area contributed by atoms with Gasteiger partial charge in [-0.15, -0.1) is 0 Å². The second-order valence-corrected chi connectivity index (χ2v) is 4.16. The Bertz CT molecular complexity index is 320. The second-order valence-electron chi connectivity index (χ2n) is 4.16. The van der Waals surface area contributed by atoms with Crippen molar-refractivity contribution in [3.8, 4) is 0 Å². The Kier molecular flexibility index (Phi) is 3.65. The first-order valence-electron chi connectivity index (χ1n) is 6.02. The highest BCUT2D eigenvalue weighted by Crippen LogP contribution is 2.32. The number of carbonyl (C=O) groups excluding carboxylic acids is 1. The molecule has 0 fully saturated rings. The summed E-state index contributed by atoms with van der Waals surface area (Å²) in [7, 11) is 0. The summed E-state index contributed by atoms with van der Waals surface area (Å²) >= 11 is 0. The zero-order valence-electron chi connectivity index (χ0n) is 9.70. The maximum absolute atomic E-state index is 11.8. The average molecular weight is 222 g/mol. The van der Waals surface area contributed by atoms with Crippen LogP contribution >= 0.6 is 0 Å². The maximum atomic E-state index is 11.8. The lowest BCUT2D eigenvalue weighted by molar-refractivity contribution is -0.138. The summed E-state index contributed by atoms with van der Waals surface area (Å²) in [5.74, 6) is -0.146. The smallest absolute Gasteiger partial charge is 0.334 e. The van der Waals surface area contributed by atoms with E-state index in [1.807, 2.05) is 13.0 Å². The molecule has 0 aromatic heterocycles. The van der Waals surface area contributed by atoms with Crippen molar-refractivity contribution >= 4 is 5.97 Å². The Hall–Kier alpha value is -1.25. The predicted molar refractivity (Wildman–Crippen MR) is 60.8 cm³/mol. The zero-order chi connectivity index (χ0) is 11.4. The molecule has 0 aromatic rings. The van der Waals surface area contributed by atoms with E-state index in [4.69, 9.17) is 9.47 Å². The Labute approximate surface area is 96.1 Å². The Morgan fingerprint density at radius 2 is 2.31 bits per heavy atom. The number of hydrogen-bond donors (Lipinski definition) is 0. The number of carbonyl (C=O) groups is 1. The van der Waals surface area contributed by atoms with E-state index >= 15 is 0 Å². The van der Waals surface area contributed by atoms with E-state index in [0.717, 1.165) is 43.3 Å². The van der Waals surface area contributed by atoms with Gasteiger partial charge in [0.2, 0.25) is 0 Å². The molecule has 0 saturated heterocycles. The van der Waals surface area contributed by atoms with E-state index in [9.17, 15) is 4.79 Å². The molecule has 88 valence electrons. The number of ether oxygens (including phenoxy) is 2. The molecule has 2 aliphatic rings. The number of hydrogen-bond acceptors (Lipinski definition) is 3. The first-order valence-corrected chi connectivity index (χ1v) is 6.02. The van der Waals surface area contributed by atoms with Gasteiger partial charge in [-0.05, 0) is 44.3 Å². The van der Waals surface area contributed by atoms with Crippen LogP contribution in [-0.4, -0.2) is 18.7 Å². The van der Waals surface area contributed by atoms with Crippen molar-refractivity contribution in [1.29, 1.82) is 0 Å². The summed E-state index contributed by atoms with van der Waals surface area (Å²) in [5.41, 5.74) is 2.02. The number of rotatable bonds is 3. The Morgan fingerprint density at radius 1 is 1.50 bits per heavy atom. The molecule has 1 atom stereocenters. The quantitative estimate of drug-likeness (QED) is 0.689. The molecular formula is C13H18O3. The van der Waals surface area contributed by atoms with Crippen LogP contribution in [0.3, 0.4) is 0 Å². The van der Waals surface area contributed by atoms with Gasteiger partial charge in [0.25, 0.3) is 0 Å². The minimum Gasteiger partial charge on any atom is -0.494 e. The summed E-state index contributed by atoms with van der Waals surface area (Å²) in [4.78, 5) is 11.8. The van der Waals surface area contributed by atoms with Crippen LogP contribution in [0.1, 0.15) is 39.0 Å². The molecule has 3 heteroatoms. The summed E-state index contributed by atoms with van der Waals surface area (Å²) in [5, 5.41) is 0. The highest BCUT2D eigenvalue weighted by Gasteiger charge is 2.27. The third kappa shape index (κ3) is 2.29. The summed E-state index contributed by atoms with van der Waals surface area (Å²) < 4.78 is 10.6. The van der Waals surface area contributed by atoms with E-state index in [2.05, 4.69) is 0 Å². The van der Waals surface area contributed by atoms with Crippen LogP contribution in [0.15, 0.2) is 23.5 Å². The summed E-state index contributed by atoms with van der Waals surface area (Å²) in [6.07, 6.45) is 8.76. The fourth-order valence-corrected chi connectivity index (χ4v) is 2.34. The minimum absolute atomic E-state index is 0.0831. The highest BCUT2D eigenvalue weighted by atomic mass is 16.5. The molecule has 0 radical (unpaired) electrons. The summed E-state index contributed by atoms with van der Waals surface area (Å²) in [6, 6.07) is 0. The van der Waals surface area contributed by atoms with Gasteiger partial charge >= 0.3 is 5.97 Å². The lowest BCUT2D eigenvalue weighted by atomic mass is 9.87.